The van der Waals surface area contributed by atoms with Crippen LogP contribution in [0.2, 0.25) is 0 Å². The molecule has 1 aliphatic rings. The summed E-state index contributed by atoms with van der Waals surface area (Å²) in [6.45, 7) is 11.2. The van der Waals surface area contributed by atoms with Gasteiger partial charge in [0.2, 0.25) is 0 Å². The van der Waals surface area contributed by atoms with E-state index < -0.39 is 5.82 Å². The fourth-order valence-electron chi connectivity index (χ4n) is 3.68. The molecule has 2 aromatic carbocycles. The SMILES string of the molecule is [C-]#[N+]c1ccc(NC(=S)N(c2ccc(C(=O)N(C)C)c(F)c2)C2(C)CCC2)cc1C. The lowest BCUT2D eigenvalue weighted by Crippen LogP contribution is -2.56. The van der Waals surface area contributed by atoms with Crippen molar-refractivity contribution >= 4 is 40.3 Å². The van der Waals surface area contributed by atoms with Crippen LogP contribution in [0.3, 0.4) is 0 Å². The summed E-state index contributed by atoms with van der Waals surface area (Å²) in [5, 5.41) is 3.70. The van der Waals surface area contributed by atoms with Crippen molar-refractivity contribution in [2.45, 2.75) is 38.6 Å². The van der Waals surface area contributed by atoms with Gasteiger partial charge in [-0.1, -0.05) is 6.07 Å². The van der Waals surface area contributed by atoms with Gasteiger partial charge in [0.1, 0.15) is 5.82 Å². The average Bonchev–Trinajstić information content (AvgIpc) is 2.66. The number of benzene rings is 2. The van der Waals surface area contributed by atoms with Gasteiger partial charge in [0.25, 0.3) is 5.91 Å². The number of aryl methyl sites for hydroxylation is 1. The molecule has 0 radical (unpaired) electrons. The summed E-state index contributed by atoms with van der Waals surface area (Å²) in [5.74, 6) is -0.948. The summed E-state index contributed by atoms with van der Waals surface area (Å²) in [4.78, 5) is 19.0. The topological polar surface area (TPSA) is 39.9 Å². The molecule has 30 heavy (non-hydrogen) atoms. The Morgan fingerprint density at radius 1 is 1.23 bits per heavy atom. The van der Waals surface area contributed by atoms with Crippen molar-refractivity contribution in [2.75, 3.05) is 24.3 Å². The molecule has 0 unspecified atom stereocenters. The Hall–Kier alpha value is -2.98. The first-order valence-corrected chi connectivity index (χ1v) is 10.2. The molecule has 1 saturated carbocycles. The Kier molecular flexibility index (Phi) is 6.09. The van der Waals surface area contributed by atoms with Crippen molar-refractivity contribution in [3.05, 3.63) is 64.8 Å². The van der Waals surface area contributed by atoms with E-state index in [9.17, 15) is 9.18 Å². The number of hydrogen-bond donors (Lipinski definition) is 1. The number of carbonyl (C=O) groups is 1. The largest absolute Gasteiger partial charge is 0.345 e. The molecule has 1 amide bonds. The summed E-state index contributed by atoms with van der Waals surface area (Å²) in [5.41, 5.74) is 2.64. The van der Waals surface area contributed by atoms with E-state index >= 15 is 0 Å². The molecule has 1 N–H and O–H groups in total. The molecule has 0 bridgehead atoms. The molecule has 5 nitrogen and oxygen atoms in total. The summed E-state index contributed by atoms with van der Waals surface area (Å²) in [7, 11) is 3.19. The number of nitrogens with zero attached hydrogens (tertiary/aromatic N) is 3. The van der Waals surface area contributed by atoms with Crippen LogP contribution in [0.4, 0.5) is 21.5 Å². The molecule has 3 rings (SSSR count). The number of nitrogens with one attached hydrogen (secondary N) is 1. The van der Waals surface area contributed by atoms with Gasteiger partial charge in [-0.15, -0.1) is 0 Å². The van der Waals surface area contributed by atoms with E-state index in [1.807, 2.05) is 24.0 Å². The highest BCUT2D eigenvalue weighted by molar-refractivity contribution is 7.80. The molecular formula is C23H25FN4OS. The molecule has 1 fully saturated rings. The van der Waals surface area contributed by atoms with Crippen LogP contribution in [0, 0.1) is 19.3 Å². The van der Waals surface area contributed by atoms with E-state index in [1.165, 1.54) is 17.0 Å². The van der Waals surface area contributed by atoms with Crippen molar-refractivity contribution < 1.29 is 9.18 Å². The number of halogens is 1. The number of thiocarbonyl (C=S) groups is 1. The normalized spacial score (nSPS) is 14.3. The van der Waals surface area contributed by atoms with E-state index in [-0.39, 0.29) is 17.0 Å². The number of rotatable bonds is 4. The van der Waals surface area contributed by atoms with Crippen molar-refractivity contribution in [3.63, 3.8) is 0 Å². The van der Waals surface area contributed by atoms with Crippen molar-refractivity contribution in [3.8, 4) is 0 Å². The predicted molar refractivity (Wildman–Crippen MR) is 123 cm³/mol. The molecule has 0 aliphatic heterocycles. The van der Waals surface area contributed by atoms with Gasteiger partial charge in [0, 0.05) is 31.0 Å². The lowest BCUT2D eigenvalue weighted by Gasteiger charge is -2.49. The number of anilines is 2. The Bertz CT molecular complexity index is 1040. The standard InChI is InChI=1S/C23H25FN4OS/c1-15-13-16(7-10-20(15)25-3)26-22(30)28(23(2)11-6-12-23)17-8-9-18(19(24)14-17)21(29)27(4)5/h7-10,13-14H,6,11-12H2,1-2,4-5H3,(H,26,30). The molecular weight excluding hydrogens is 399 g/mol. The first kappa shape index (κ1) is 21.7. The molecule has 7 heteroatoms. The first-order valence-electron chi connectivity index (χ1n) is 9.77. The average molecular weight is 425 g/mol. The summed E-state index contributed by atoms with van der Waals surface area (Å²) < 4.78 is 14.8. The zero-order chi connectivity index (χ0) is 22.1. The van der Waals surface area contributed by atoms with E-state index in [0.717, 1.165) is 30.5 Å². The van der Waals surface area contributed by atoms with Crippen LogP contribution < -0.4 is 10.2 Å². The monoisotopic (exact) mass is 424 g/mol. The van der Waals surface area contributed by atoms with Gasteiger partial charge in [0.05, 0.1) is 12.1 Å². The molecule has 156 valence electrons. The van der Waals surface area contributed by atoms with Crippen molar-refractivity contribution in [1.29, 1.82) is 0 Å². The Balaban J connectivity index is 1.93. The highest BCUT2D eigenvalue weighted by Gasteiger charge is 2.40. The van der Waals surface area contributed by atoms with Gasteiger partial charge in [-0.2, -0.15) is 0 Å². The second kappa shape index (κ2) is 8.41. The molecule has 0 saturated heterocycles. The minimum atomic E-state index is -0.570. The van der Waals surface area contributed by atoms with E-state index in [4.69, 9.17) is 18.8 Å². The third-order valence-electron chi connectivity index (χ3n) is 5.59. The maximum atomic E-state index is 14.8. The van der Waals surface area contributed by atoms with Gasteiger partial charge in [-0.05, 0) is 81.2 Å². The molecule has 1 aliphatic carbocycles. The third-order valence-corrected chi connectivity index (χ3v) is 5.87. The fraction of sp³-hybridized carbons (Fsp3) is 0.348. The van der Waals surface area contributed by atoms with Gasteiger partial charge < -0.3 is 15.1 Å². The van der Waals surface area contributed by atoms with Crippen molar-refractivity contribution in [2.24, 2.45) is 0 Å². The number of amides is 1. The third kappa shape index (κ3) is 4.14. The maximum absolute atomic E-state index is 14.8. The quantitative estimate of drug-likeness (QED) is 0.517. The minimum Gasteiger partial charge on any atom is -0.345 e. The van der Waals surface area contributed by atoms with Crippen LogP contribution in [0.5, 0.6) is 0 Å². The van der Waals surface area contributed by atoms with E-state index in [1.54, 1.807) is 26.2 Å². The first-order chi connectivity index (χ1) is 14.2. The lowest BCUT2D eigenvalue weighted by atomic mass is 9.77. The van der Waals surface area contributed by atoms with Crippen LogP contribution in [-0.2, 0) is 0 Å². The van der Waals surface area contributed by atoms with Gasteiger partial charge in [-0.3, -0.25) is 4.79 Å². The fourth-order valence-corrected chi connectivity index (χ4v) is 4.13. The Labute approximate surface area is 182 Å². The summed E-state index contributed by atoms with van der Waals surface area (Å²) in [6.07, 6.45) is 2.95. The van der Waals surface area contributed by atoms with Crippen LogP contribution in [0.15, 0.2) is 36.4 Å². The van der Waals surface area contributed by atoms with E-state index in [0.29, 0.717) is 16.5 Å². The van der Waals surface area contributed by atoms with Gasteiger partial charge in [-0.25, -0.2) is 9.24 Å². The minimum absolute atomic E-state index is 0.0340. The predicted octanol–water partition coefficient (Wildman–Crippen LogP) is 5.53. The maximum Gasteiger partial charge on any atom is 0.256 e. The Morgan fingerprint density at radius 3 is 2.43 bits per heavy atom. The second-order valence-corrected chi connectivity index (χ2v) is 8.48. The smallest absolute Gasteiger partial charge is 0.256 e. The molecule has 0 spiro atoms. The van der Waals surface area contributed by atoms with Crippen LogP contribution in [-0.4, -0.2) is 35.6 Å². The zero-order valence-corrected chi connectivity index (χ0v) is 18.4. The number of carbonyl (C=O) groups excluding carboxylic acids is 1. The lowest BCUT2D eigenvalue weighted by molar-refractivity contribution is 0.0823. The van der Waals surface area contributed by atoms with Crippen LogP contribution in [0.25, 0.3) is 4.85 Å². The number of hydrogen-bond acceptors (Lipinski definition) is 2. The van der Waals surface area contributed by atoms with Gasteiger partial charge >= 0.3 is 0 Å². The molecule has 0 aromatic heterocycles. The molecule has 0 atom stereocenters. The summed E-state index contributed by atoms with van der Waals surface area (Å²) in [6, 6.07) is 10.1. The highest BCUT2D eigenvalue weighted by Crippen LogP contribution is 2.41. The second-order valence-electron chi connectivity index (χ2n) is 8.09. The highest BCUT2D eigenvalue weighted by atomic mass is 32.1. The van der Waals surface area contributed by atoms with E-state index in [2.05, 4.69) is 17.1 Å². The van der Waals surface area contributed by atoms with Crippen LogP contribution in [0.1, 0.15) is 42.1 Å². The molecule has 0 heterocycles. The van der Waals surface area contributed by atoms with Crippen molar-refractivity contribution in [1.82, 2.24) is 4.90 Å². The van der Waals surface area contributed by atoms with Gasteiger partial charge in [0.15, 0.2) is 10.8 Å². The van der Waals surface area contributed by atoms with Crippen LogP contribution >= 0.6 is 12.2 Å². The summed E-state index contributed by atoms with van der Waals surface area (Å²) >= 11 is 5.72. The molecule has 2 aromatic rings. The Morgan fingerprint density at radius 2 is 1.93 bits per heavy atom. The zero-order valence-electron chi connectivity index (χ0n) is 17.6.